The lowest BCUT2D eigenvalue weighted by Crippen LogP contribution is -2.36. The van der Waals surface area contributed by atoms with E-state index in [1.165, 1.54) is 24.3 Å². The topological polar surface area (TPSA) is 50.2 Å². The third kappa shape index (κ3) is 4.57. The molecule has 0 aliphatic carbocycles. The highest BCUT2D eigenvalue weighted by molar-refractivity contribution is 5.83. The van der Waals surface area contributed by atoms with Gasteiger partial charge in [0, 0.05) is 18.3 Å². The Labute approximate surface area is 156 Å². The Kier molecular flexibility index (Phi) is 5.61. The first kappa shape index (κ1) is 18.7. The number of rotatable bonds is 6. The Balaban J connectivity index is 1.68. The summed E-state index contributed by atoms with van der Waals surface area (Å²) in [5, 5.41) is 7.07. The van der Waals surface area contributed by atoms with Gasteiger partial charge in [0.2, 0.25) is 5.91 Å². The monoisotopic (exact) mass is 370 g/mol. The quantitative estimate of drug-likeness (QED) is 0.726. The lowest BCUT2D eigenvalue weighted by Gasteiger charge is -2.23. The second kappa shape index (κ2) is 8.09. The van der Waals surface area contributed by atoms with Gasteiger partial charge in [0.1, 0.15) is 17.7 Å². The first-order valence-corrected chi connectivity index (χ1v) is 8.43. The fraction of sp³-hybridized carbons (Fsp3) is 0.200. The molecule has 0 radical (unpaired) electrons. The van der Waals surface area contributed by atoms with Crippen molar-refractivity contribution in [2.45, 2.75) is 12.6 Å². The van der Waals surface area contributed by atoms with Crippen molar-refractivity contribution in [3.8, 4) is 5.69 Å². The maximum absolute atomic E-state index is 13.3. The number of likely N-dealkylation sites (N-methyl/N-ethyl adjacent to an activating group) is 1. The Hall–Kier alpha value is -3.06. The van der Waals surface area contributed by atoms with Crippen molar-refractivity contribution >= 4 is 5.91 Å². The highest BCUT2D eigenvalue weighted by Gasteiger charge is 2.22. The maximum Gasteiger partial charge on any atom is 0.242 e. The van der Waals surface area contributed by atoms with E-state index in [2.05, 4.69) is 10.4 Å². The van der Waals surface area contributed by atoms with Gasteiger partial charge in [-0.25, -0.2) is 13.5 Å². The van der Waals surface area contributed by atoms with Crippen LogP contribution >= 0.6 is 0 Å². The van der Waals surface area contributed by atoms with Crippen molar-refractivity contribution in [2.75, 3.05) is 14.1 Å². The van der Waals surface area contributed by atoms with Gasteiger partial charge in [0.25, 0.3) is 0 Å². The molecule has 0 saturated carbocycles. The van der Waals surface area contributed by atoms with Crippen LogP contribution in [0.4, 0.5) is 8.78 Å². The van der Waals surface area contributed by atoms with E-state index >= 15 is 0 Å². The first-order chi connectivity index (χ1) is 12.9. The largest absolute Gasteiger partial charge is 0.350 e. The standard InChI is InChI=1S/C20H20F2N4O/c1-25(2)19(15-6-8-16(21)9-7-15)20(27)23-11-14-12-24-26(13-14)18-5-3-4-17(22)10-18/h3-10,12-13,19H,11H2,1-2H3,(H,23,27)/t19-/m1/s1. The Morgan fingerprint density at radius 2 is 1.89 bits per heavy atom. The summed E-state index contributed by atoms with van der Waals surface area (Å²) in [6, 6.07) is 11.4. The van der Waals surface area contributed by atoms with Crippen LogP contribution in [0, 0.1) is 11.6 Å². The van der Waals surface area contributed by atoms with Gasteiger partial charge < -0.3 is 5.32 Å². The third-order valence-corrected chi connectivity index (χ3v) is 4.13. The third-order valence-electron chi connectivity index (χ3n) is 4.13. The first-order valence-electron chi connectivity index (χ1n) is 8.43. The summed E-state index contributed by atoms with van der Waals surface area (Å²) >= 11 is 0. The summed E-state index contributed by atoms with van der Waals surface area (Å²) in [7, 11) is 3.57. The van der Waals surface area contributed by atoms with E-state index in [-0.39, 0.29) is 24.1 Å². The molecule has 27 heavy (non-hydrogen) atoms. The number of hydrogen-bond donors (Lipinski definition) is 1. The normalized spacial score (nSPS) is 12.2. The Bertz CT molecular complexity index is 922. The van der Waals surface area contributed by atoms with Crippen LogP contribution in [0.15, 0.2) is 60.9 Å². The van der Waals surface area contributed by atoms with E-state index in [1.54, 1.807) is 60.3 Å². The summed E-state index contributed by atoms with van der Waals surface area (Å²) in [4.78, 5) is 14.4. The minimum absolute atomic E-state index is 0.204. The fourth-order valence-corrected chi connectivity index (χ4v) is 2.83. The smallest absolute Gasteiger partial charge is 0.242 e. The van der Waals surface area contributed by atoms with E-state index in [9.17, 15) is 13.6 Å². The SMILES string of the molecule is CN(C)[C@@H](C(=O)NCc1cnn(-c2cccc(F)c2)c1)c1ccc(F)cc1. The highest BCUT2D eigenvalue weighted by atomic mass is 19.1. The van der Waals surface area contributed by atoms with Crippen LogP contribution in [0.1, 0.15) is 17.2 Å². The predicted molar refractivity (Wildman–Crippen MR) is 98.2 cm³/mol. The molecule has 1 heterocycles. The van der Waals surface area contributed by atoms with Crippen LogP contribution in [-0.2, 0) is 11.3 Å². The maximum atomic E-state index is 13.3. The van der Waals surface area contributed by atoms with Crippen molar-refractivity contribution in [1.29, 1.82) is 0 Å². The average Bonchev–Trinajstić information content (AvgIpc) is 3.11. The van der Waals surface area contributed by atoms with Gasteiger partial charge in [0.05, 0.1) is 11.9 Å². The van der Waals surface area contributed by atoms with Crippen LogP contribution in [0.5, 0.6) is 0 Å². The van der Waals surface area contributed by atoms with E-state index in [4.69, 9.17) is 0 Å². The summed E-state index contributed by atoms with van der Waals surface area (Å²) in [6.45, 7) is 0.277. The van der Waals surface area contributed by atoms with Gasteiger partial charge in [-0.1, -0.05) is 18.2 Å². The molecular formula is C20H20F2N4O. The highest BCUT2D eigenvalue weighted by Crippen LogP contribution is 2.19. The zero-order chi connectivity index (χ0) is 19.4. The molecule has 0 aliphatic rings. The van der Waals surface area contributed by atoms with Crippen molar-refractivity contribution < 1.29 is 13.6 Å². The molecule has 3 rings (SSSR count). The van der Waals surface area contributed by atoms with Crippen LogP contribution in [0.3, 0.4) is 0 Å². The molecule has 0 saturated heterocycles. The molecule has 0 bridgehead atoms. The zero-order valence-electron chi connectivity index (χ0n) is 15.1. The number of carbonyl (C=O) groups is 1. The van der Waals surface area contributed by atoms with Crippen LogP contribution in [-0.4, -0.2) is 34.7 Å². The molecular weight excluding hydrogens is 350 g/mol. The van der Waals surface area contributed by atoms with Crippen LogP contribution in [0.25, 0.3) is 5.69 Å². The van der Waals surface area contributed by atoms with Gasteiger partial charge in [-0.05, 0) is 50.0 Å². The van der Waals surface area contributed by atoms with E-state index < -0.39 is 6.04 Å². The fourth-order valence-electron chi connectivity index (χ4n) is 2.83. The molecule has 0 spiro atoms. The van der Waals surface area contributed by atoms with Crippen molar-refractivity contribution in [3.63, 3.8) is 0 Å². The van der Waals surface area contributed by atoms with Crippen molar-refractivity contribution in [1.82, 2.24) is 20.0 Å². The molecule has 140 valence electrons. The number of carbonyl (C=O) groups excluding carboxylic acids is 1. The number of hydrogen-bond acceptors (Lipinski definition) is 3. The molecule has 1 aromatic heterocycles. The summed E-state index contributed by atoms with van der Waals surface area (Å²) in [6.07, 6.45) is 3.35. The van der Waals surface area contributed by atoms with Crippen LogP contribution < -0.4 is 5.32 Å². The molecule has 0 aliphatic heterocycles. The van der Waals surface area contributed by atoms with Gasteiger partial charge in [-0.15, -0.1) is 0 Å². The van der Waals surface area contributed by atoms with Gasteiger partial charge >= 0.3 is 0 Å². The second-order valence-electron chi connectivity index (χ2n) is 6.41. The number of nitrogens with zero attached hydrogens (tertiary/aromatic N) is 3. The minimum Gasteiger partial charge on any atom is -0.350 e. The van der Waals surface area contributed by atoms with Gasteiger partial charge in [0.15, 0.2) is 0 Å². The zero-order valence-corrected chi connectivity index (χ0v) is 15.1. The molecule has 2 aromatic carbocycles. The van der Waals surface area contributed by atoms with Gasteiger partial charge in [-0.2, -0.15) is 5.10 Å². The van der Waals surface area contributed by atoms with Gasteiger partial charge in [-0.3, -0.25) is 9.69 Å². The molecule has 3 aromatic rings. The van der Waals surface area contributed by atoms with E-state index in [0.717, 1.165) is 5.56 Å². The average molecular weight is 370 g/mol. The summed E-state index contributed by atoms with van der Waals surface area (Å²) < 4.78 is 28.0. The molecule has 5 nitrogen and oxygen atoms in total. The van der Waals surface area contributed by atoms with Crippen LogP contribution in [0.2, 0.25) is 0 Å². The Morgan fingerprint density at radius 3 is 2.56 bits per heavy atom. The predicted octanol–water partition coefficient (Wildman–Crippen LogP) is 3.07. The Morgan fingerprint density at radius 1 is 1.15 bits per heavy atom. The lowest BCUT2D eigenvalue weighted by molar-refractivity contribution is -0.125. The molecule has 0 fully saturated rings. The molecule has 1 N–H and O–H groups in total. The number of halogens is 2. The number of amides is 1. The number of benzene rings is 2. The molecule has 1 amide bonds. The lowest BCUT2D eigenvalue weighted by atomic mass is 10.1. The number of aromatic nitrogens is 2. The van der Waals surface area contributed by atoms with Crippen molar-refractivity contribution in [2.24, 2.45) is 0 Å². The minimum atomic E-state index is -0.538. The molecule has 1 atom stereocenters. The summed E-state index contributed by atoms with van der Waals surface area (Å²) in [5.74, 6) is -0.891. The van der Waals surface area contributed by atoms with Crippen molar-refractivity contribution in [3.05, 3.63) is 83.7 Å². The molecule has 0 unspecified atom stereocenters. The van der Waals surface area contributed by atoms with E-state index in [0.29, 0.717) is 11.3 Å². The number of nitrogens with one attached hydrogen (secondary N) is 1. The summed E-state index contributed by atoms with van der Waals surface area (Å²) in [5.41, 5.74) is 2.09. The molecule has 7 heteroatoms. The second-order valence-corrected chi connectivity index (χ2v) is 6.41. The van der Waals surface area contributed by atoms with E-state index in [1.807, 2.05) is 0 Å².